The second-order valence-corrected chi connectivity index (χ2v) is 5.13. The molecular formula is C17H19N3O3. The van der Waals surface area contributed by atoms with Crippen LogP contribution in [0.25, 0.3) is 0 Å². The number of nitrogens with two attached hydrogens (primary N) is 1. The molecule has 23 heavy (non-hydrogen) atoms. The molecule has 0 fully saturated rings. The topological polar surface area (TPSA) is 95.7 Å². The number of nitrogens with zero attached hydrogens (tertiary/aromatic N) is 1. The molecular weight excluding hydrogens is 294 g/mol. The molecule has 2 aromatic carbocycles. The average Bonchev–Trinajstić information content (AvgIpc) is 2.56. The van der Waals surface area contributed by atoms with Gasteiger partial charge >= 0.3 is 6.09 Å². The minimum absolute atomic E-state index is 0.0555. The van der Waals surface area contributed by atoms with E-state index in [9.17, 15) is 14.7 Å². The Kier molecular flexibility index (Phi) is 5.71. The summed E-state index contributed by atoms with van der Waals surface area (Å²) < 4.78 is 0. The van der Waals surface area contributed by atoms with Crippen molar-refractivity contribution in [1.82, 2.24) is 10.4 Å². The van der Waals surface area contributed by atoms with E-state index < -0.39 is 18.0 Å². The van der Waals surface area contributed by atoms with Crippen LogP contribution in [0, 0.1) is 0 Å². The average molecular weight is 313 g/mol. The smallest absolute Gasteiger partial charge is 0.426 e. The van der Waals surface area contributed by atoms with Gasteiger partial charge in [-0.3, -0.25) is 10.2 Å². The van der Waals surface area contributed by atoms with Crippen LogP contribution in [-0.4, -0.2) is 28.2 Å². The first-order valence-corrected chi connectivity index (χ1v) is 7.20. The van der Waals surface area contributed by atoms with Crippen LogP contribution in [-0.2, 0) is 17.8 Å². The van der Waals surface area contributed by atoms with Crippen molar-refractivity contribution in [2.24, 2.45) is 5.73 Å². The van der Waals surface area contributed by atoms with Crippen molar-refractivity contribution in [2.45, 2.75) is 19.0 Å². The molecule has 120 valence electrons. The molecule has 0 heterocycles. The zero-order valence-corrected chi connectivity index (χ0v) is 12.6. The first-order chi connectivity index (χ1) is 11.1. The summed E-state index contributed by atoms with van der Waals surface area (Å²) in [6.07, 6.45) is -0.903. The van der Waals surface area contributed by atoms with Gasteiger partial charge in [0.1, 0.15) is 0 Å². The lowest BCUT2D eigenvalue weighted by Gasteiger charge is -2.22. The van der Waals surface area contributed by atoms with Gasteiger partial charge in [-0.2, -0.15) is 0 Å². The van der Waals surface area contributed by atoms with Gasteiger partial charge in [0.25, 0.3) is 5.91 Å². The normalized spacial score (nSPS) is 11.5. The standard InChI is InChI=1S/C17H19N3O3/c18-15(11-13-7-3-1-4-8-13)16(21)19-20(17(22)23)12-14-9-5-2-6-10-14/h1-10,15H,11-12,18H2,(H,19,21)(H,22,23). The third-order valence-corrected chi connectivity index (χ3v) is 3.29. The van der Waals surface area contributed by atoms with Crippen LogP contribution in [0.15, 0.2) is 60.7 Å². The van der Waals surface area contributed by atoms with Crippen LogP contribution >= 0.6 is 0 Å². The van der Waals surface area contributed by atoms with Crippen LogP contribution in [0.1, 0.15) is 11.1 Å². The van der Waals surface area contributed by atoms with E-state index in [1.165, 1.54) is 0 Å². The van der Waals surface area contributed by atoms with Crippen molar-refractivity contribution in [3.63, 3.8) is 0 Å². The molecule has 0 radical (unpaired) electrons. The van der Waals surface area contributed by atoms with Crippen LogP contribution in [0.5, 0.6) is 0 Å². The fourth-order valence-corrected chi connectivity index (χ4v) is 2.10. The summed E-state index contributed by atoms with van der Waals surface area (Å²) in [6.45, 7) is 0.0555. The van der Waals surface area contributed by atoms with Crippen LogP contribution in [0.3, 0.4) is 0 Å². The summed E-state index contributed by atoms with van der Waals surface area (Å²) in [7, 11) is 0. The molecule has 2 amide bonds. The maximum Gasteiger partial charge on any atom is 0.426 e. The highest BCUT2D eigenvalue weighted by Crippen LogP contribution is 2.05. The van der Waals surface area contributed by atoms with Crippen molar-refractivity contribution < 1.29 is 14.7 Å². The van der Waals surface area contributed by atoms with Gasteiger partial charge in [0, 0.05) is 0 Å². The quantitative estimate of drug-likeness (QED) is 0.733. The van der Waals surface area contributed by atoms with Crippen molar-refractivity contribution in [1.29, 1.82) is 0 Å². The molecule has 6 heteroatoms. The zero-order chi connectivity index (χ0) is 16.7. The molecule has 1 atom stereocenters. The minimum Gasteiger partial charge on any atom is -0.464 e. The van der Waals surface area contributed by atoms with Gasteiger partial charge in [0.05, 0.1) is 12.6 Å². The van der Waals surface area contributed by atoms with E-state index in [1.807, 2.05) is 36.4 Å². The number of hydrogen-bond donors (Lipinski definition) is 3. The first-order valence-electron chi connectivity index (χ1n) is 7.20. The Bertz CT molecular complexity index is 647. The fourth-order valence-electron chi connectivity index (χ4n) is 2.10. The molecule has 0 bridgehead atoms. The van der Waals surface area contributed by atoms with Crippen LogP contribution in [0.4, 0.5) is 4.79 Å². The lowest BCUT2D eigenvalue weighted by Crippen LogP contribution is -2.51. The largest absolute Gasteiger partial charge is 0.464 e. The monoisotopic (exact) mass is 313 g/mol. The predicted octanol–water partition coefficient (Wildman–Crippen LogP) is 1.77. The predicted molar refractivity (Wildman–Crippen MR) is 86.3 cm³/mol. The number of carboxylic acid groups (broad SMARTS) is 1. The van der Waals surface area contributed by atoms with E-state index in [1.54, 1.807) is 24.3 Å². The van der Waals surface area contributed by atoms with Gasteiger partial charge in [0.15, 0.2) is 0 Å². The van der Waals surface area contributed by atoms with E-state index in [-0.39, 0.29) is 6.54 Å². The van der Waals surface area contributed by atoms with E-state index in [0.29, 0.717) is 6.42 Å². The molecule has 0 saturated heterocycles. The van der Waals surface area contributed by atoms with Crippen molar-refractivity contribution in [2.75, 3.05) is 0 Å². The molecule has 2 aromatic rings. The summed E-state index contributed by atoms with van der Waals surface area (Å²) in [6, 6.07) is 17.5. The van der Waals surface area contributed by atoms with E-state index in [4.69, 9.17) is 5.73 Å². The highest BCUT2D eigenvalue weighted by molar-refractivity contribution is 5.83. The second-order valence-electron chi connectivity index (χ2n) is 5.13. The van der Waals surface area contributed by atoms with E-state index in [2.05, 4.69) is 5.43 Å². The Balaban J connectivity index is 1.96. The van der Waals surface area contributed by atoms with Gasteiger partial charge in [-0.05, 0) is 17.5 Å². The second kappa shape index (κ2) is 7.95. The SMILES string of the molecule is NC(Cc1ccccc1)C(=O)NN(Cc1ccccc1)C(=O)O. The van der Waals surface area contributed by atoms with Gasteiger partial charge < -0.3 is 10.8 Å². The molecule has 0 aliphatic rings. The molecule has 0 saturated carbocycles. The Hall–Kier alpha value is -2.86. The molecule has 0 aliphatic carbocycles. The van der Waals surface area contributed by atoms with Gasteiger partial charge in [-0.15, -0.1) is 0 Å². The lowest BCUT2D eigenvalue weighted by molar-refractivity contribution is -0.126. The third kappa shape index (κ3) is 5.12. The van der Waals surface area contributed by atoms with Gasteiger partial charge in [0.2, 0.25) is 0 Å². The molecule has 4 N–H and O–H groups in total. The summed E-state index contributed by atoms with van der Waals surface area (Å²) in [5.74, 6) is -0.535. The molecule has 0 spiro atoms. The Labute approximate surface area is 134 Å². The number of nitrogens with one attached hydrogen (secondary N) is 1. The molecule has 0 aromatic heterocycles. The molecule has 2 rings (SSSR count). The molecule has 1 unspecified atom stereocenters. The Morgan fingerprint density at radius 1 is 1.00 bits per heavy atom. The number of benzene rings is 2. The van der Waals surface area contributed by atoms with Crippen LogP contribution < -0.4 is 11.2 Å². The maximum absolute atomic E-state index is 12.1. The number of amides is 2. The number of hydrogen-bond acceptors (Lipinski definition) is 3. The van der Waals surface area contributed by atoms with Crippen molar-refractivity contribution in [3.05, 3.63) is 71.8 Å². The summed E-state index contributed by atoms with van der Waals surface area (Å²) in [4.78, 5) is 23.4. The number of hydrazine groups is 1. The van der Waals surface area contributed by atoms with Crippen molar-refractivity contribution >= 4 is 12.0 Å². The van der Waals surface area contributed by atoms with Gasteiger partial charge in [-0.1, -0.05) is 60.7 Å². The maximum atomic E-state index is 12.1. The van der Waals surface area contributed by atoms with E-state index in [0.717, 1.165) is 16.1 Å². The fraction of sp³-hybridized carbons (Fsp3) is 0.176. The van der Waals surface area contributed by atoms with Gasteiger partial charge in [-0.25, -0.2) is 9.80 Å². The first kappa shape index (κ1) is 16.5. The zero-order valence-electron chi connectivity index (χ0n) is 12.6. The summed E-state index contributed by atoms with van der Waals surface area (Å²) in [5, 5.41) is 10.1. The molecule has 0 aliphatic heterocycles. The minimum atomic E-state index is -1.24. The number of carbonyl (C=O) groups is 2. The Morgan fingerprint density at radius 2 is 1.52 bits per heavy atom. The highest BCUT2D eigenvalue weighted by atomic mass is 16.4. The summed E-state index contributed by atoms with van der Waals surface area (Å²) in [5.41, 5.74) is 9.90. The number of rotatable bonds is 5. The lowest BCUT2D eigenvalue weighted by atomic mass is 10.1. The molecule has 6 nitrogen and oxygen atoms in total. The van der Waals surface area contributed by atoms with E-state index >= 15 is 0 Å². The highest BCUT2D eigenvalue weighted by Gasteiger charge is 2.20. The van der Waals surface area contributed by atoms with Crippen LogP contribution in [0.2, 0.25) is 0 Å². The summed E-state index contributed by atoms with van der Waals surface area (Å²) >= 11 is 0. The number of carbonyl (C=O) groups excluding carboxylic acids is 1. The van der Waals surface area contributed by atoms with Crippen molar-refractivity contribution in [3.8, 4) is 0 Å². The third-order valence-electron chi connectivity index (χ3n) is 3.29. The Morgan fingerprint density at radius 3 is 2.04 bits per heavy atom.